The molecule has 0 radical (unpaired) electrons. The summed E-state index contributed by atoms with van der Waals surface area (Å²) >= 11 is 1.17. The lowest BCUT2D eigenvalue weighted by Gasteiger charge is -2.16. The van der Waals surface area contributed by atoms with E-state index in [1.165, 1.54) is 27.3 Å². The Balaban J connectivity index is 1.89. The van der Waals surface area contributed by atoms with E-state index in [9.17, 15) is 13.2 Å². The molecule has 10 heteroatoms. The maximum atomic E-state index is 12.7. The first kappa shape index (κ1) is 17.8. The second-order valence-corrected chi connectivity index (χ2v) is 9.23. The van der Waals surface area contributed by atoms with Crippen molar-refractivity contribution in [3.63, 3.8) is 0 Å². The molecule has 0 atom stereocenters. The van der Waals surface area contributed by atoms with Crippen molar-refractivity contribution in [2.75, 3.05) is 7.05 Å². The van der Waals surface area contributed by atoms with E-state index in [2.05, 4.69) is 10.2 Å². The average Bonchev–Trinajstić information content (AvgIpc) is 3.33. The number of aromatic nitrogens is 4. The Hall–Kier alpha value is -2.56. The molecule has 0 saturated carbocycles. The zero-order chi connectivity index (χ0) is 19.2. The number of sulfonamides is 1. The molecule has 3 aromatic heterocycles. The molecule has 4 rings (SSSR count). The van der Waals surface area contributed by atoms with E-state index in [0.29, 0.717) is 29.0 Å². The lowest BCUT2D eigenvalue weighted by Crippen LogP contribution is -2.27. The third kappa shape index (κ3) is 2.76. The Labute approximate surface area is 159 Å². The summed E-state index contributed by atoms with van der Waals surface area (Å²) in [5.41, 5.74) is 0.517. The molecular formula is C17H17N5O3S2. The molecule has 0 N–H and O–H groups in total. The lowest BCUT2D eigenvalue weighted by atomic mass is 10.2. The van der Waals surface area contributed by atoms with Crippen molar-refractivity contribution in [3.05, 3.63) is 58.0 Å². The smallest absolute Gasteiger partial charge is 0.262 e. The number of thiophene rings is 1. The number of benzene rings is 1. The van der Waals surface area contributed by atoms with E-state index >= 15 is 0 Å². The summed E-state index contributed by atoms with van der Waals surface area (Å²) in [5.74, 6) is 0.851. The molecule has 27 heavy (non-hydrogen) atoms. The standard InChI is InChI=1S/C17H17N5O3S2/c1-3-21-16(23)12-7-4-5-8-13(12)22-14(18-19-17(21)22)11-20(2)27(24,25)15-9-6-10-26-15/h4-10H,3,11H2,1-2H3. The van der Waals surface area contributed by atoms with Crippen molar-refractivity contribution >= 4 is 38.0 Å². The van der Waals surface area contributed by atoms with Gasteiger partial charge in [-0.3, -0.25) is 13.8 Å². The van der Waals surface area contributed by atoms with Crippen LogP contribution in [0.15, 0.2) is 50.8 Å². The largest absolute Gasteiger partial charge is 0.277 e. The van der Waals surface area contributed by atoms with Crippen molar-refractivity contribution in [1.29, 1.82) is 0 Å². The zero-order valence-corrected chi connectivity index (χ0v) is 16.4. The highest BCUT2D eigenvalue weighted by molar-refractivity contribution is 7.91. The molecule has 0 fully saturated rings. The predicted molar refractivity (Wildman–Crippen MR) is 103 cm³/mol. The van der Waals surface area contributed by atoms with Gasteiger partial charge in [-0.1, -0.05) is 18.2 Å². The molecule has 0 aliphatic rings. The molecule has 0 aliphatic carbocycles. The number of rotatable bonds is 5. The maximum Gasteiger partial charge on any atom is 0.262 e. The Kier molecular flexibility index (Phi) is 4.33. The fraction of sp³-hybridized carbons (Fsp3) is 0.235. The van der Waals surface area contributed by atoms with Gasteiger partial charge < -0.3 is 0 Å². The Morgan fingerprint density at radius 1 is 1.15 bits per heavy atom. The molecule has 0 bridgehead atoms. The van der Waals surface area contributed by atoms with Crippen LogP contribution in [0.3, 0.4) is 0 Å². The highest BCUT2D eigenvalue weighted by Crippen LogP contribution is 2.22. The van der Waals surface area contributed by atoms with Gasteiger partial charge in [-0.25, -0.2) is 8.42 Å². The first-order chi connectivity index (χ1) is 12.9. The van der Waals surface area contributed by atoms with Crippen LogP contribution in [0.2, 0.25) is 0 Å². The van der Waals surface area contributed by atoms with Gasteiger partial charge in [0.2, 0.25) is 5.78 Å². The van der Waals surface area contributed by atoms with E-state index in [1.54, 1.807) is 34.0 Å². The van der Waals surface area contributed by atoms with Gasteiger partial charge in [0.05, 0.1) is 17.4 Å². The van der Waals surface area contributed by atoms with Gasteiger partial charge in [0.1, 0.15) is 4.21 Å². The Morgan fingerprint density at radius 3 is 2.63 bits per heavy atom. The summed E-state index contributed by atoms with van der Waals surface area (Å²) < 4.78 is 30.2. The predicted octanol–water partition coefficient (Wildman–Crippen LogP) is 1.95. The maximum absolute atomic E-state index is 12.7. The van der Waals surface area contributed by atoms with Crippen LogP contribution in [0.25, 0.3) is 16.7 Å². The summed E-state index contributed by atoms with van der Waals surface area (Å²) in [6.07, 6.45) is 0. The number of para-hydroxylation sites is 1. The molecule has 140 valence electrons. The van der Waals surface area contributed by atoms with Crippen LogP contribution < -0.4 is 5.56 Å². The Morgan fingerprint density at radius 2 is 1.93 bits per heavy atom. The molecule has 0 spiro atoms. The minimum absolute atomic E-state index is 0.0350. The van der Waals surface area contributed by atoms with Gasteiger partial charge in [-0.15, -0.1) is 21.5 Å². The molecule has 0 aliphatic heterocycles. The van der Waals surface area contributed by atoms with E-state index in [1.807, 2.05) is 19.1 Å². The number of aryl methyl sites for hydroxylation is 1. The molecule has 1 aromatic carbocycles. The average molecular weight is 403 g/mol. The third-order valence-electron chi connectivity index (χ3n) is 4.41. The number of fused-ring (bicyclic) bond motifs is 3. The molecule has 0 saturated heterocycles. The van der Waals surface area contributed by atoms with Crippen LogP contribution in [0.5, 0.6) is 0 Å². The number of hydrogen-bond acceptors (Lipinski definition) is 6. The van der Waals surface area contributed by atoms with E-state index in [4.69, 9.17) is 0 Å². The second kappa shape index (κ2) is 6.55. The van der Waals surface area contributed by atoms with Gasteiger partial charge in [-0.05, 0) is 30.5 Å². The molecule has 0 unspecified atom stereocenters. The summed E-state index contributed by atoms with van der Waals surface area (Å²) in [4.78, 5) is 12.7. The summed E-state index contributed by atoms with van der Waals surface area (Å²) in [5, 5.41) is 10.6. The van der Waals surface area contributed by atoms with Gasteiger partial charge in [0.15, 0.2) is 5.82 Å². The zero-order valence-electron chi connectivity index (χ0n) is 14.7. The topological polar surface area (TPSA) is 89.6 Å². The molecule has 4 aromatic rings. The van der Waals surface area contributed by atoms with Crippen LogP contribution in [0, 0.1) is 0 Å². The van der Waals surface area contributed by atoms with Crippen LogP contribution in [-0.2, 0) is 23.1 Å². The summed E-state index contributed by atoms with van der Waals surface area (Å²) in [7, 11) is -2.11. The van der Waals surface area contributed by atoms with Gasteiger partial charge in [0, 0.05) is 13.6 Å². The monoisotopic (exact) mass is 403 g/mol. The van der Waals surface area contributed by atoms with Crippen LogP contribution in [0.1, 0.15) is 12.7 Å². The van der Waals surface area contributed by atoms with Crippen molar-refractivity contribution < 1.29 is 8.42 Å². The van der Waals surface area contributed by atoms with E-state index in [-0.39, 0.29) is 16.3 Å². The van der Waals surface area contributed by atoms with Crippen LogP contribution in [0.4, 0.5) is 0 Å². The highest BCUT2D eigenvalue weighted by atomic mass is 32.2. The van der Waals surface area contributed by atoms with Crippen molar-refractivity contribution in [2.45, 2.75) is 24.2 Å². The quantitative estimate of drug-likeness (QED) is 0.508. The van der Waals surface area contributed by atoms with Crippen LogP contribution >= 0.6 is 11.3 Å². The number of nitrogens with zero attached hydrogens (tertiary/aromatic N) is 5. The first-order valence-electron chi connectivity index (χ1n) is 8.30. The van der Waals surface area contributed by atoms with Crippen molar-refractivity contribution in [2.24, 2.45) is 0 Å². The SMILES string of the molecule is CCn1c(=O)c2ccccc2n2c(CN(C)S(=O)(=O)c3cccs3)nnc12. The minimum Gasteiger partial charge on any atom is -0.277 e. The third-order valence-corrected chi connectivity index (χ3v) is 7.59. The molecule has 8 nitrogen and oxygen atoms in total. The van der Waals surface area contributed by atoms with E-state index < -0.39 is 10.0 Å². The fourth-order valence-corrected chi connectivity index (χ4v) is 5.38. The fourth-order valence-electron chi connectivity index (χ4n) is 3.05. The first-order valence-corrected chi connectivity index (χ1v) is 10.6. The second-order valence-electron chi connectivity index (χ2n) is 6.01. The van der Waals surface area contributed by atoms with Gasteiger partial charge in [0.25, 0.3) is 15.6 Å². The van der Waals surface area contributed by atoms with Gasteiger partial charge in [-0.2, -0.15) is 4.31 Å². The highest BCUT2D eigenvalue weighted by Gasteiger charge is 2.25. The molecular weight excluding hydrogens is 386 g/mol. The van der Waals surface area contributed by atoms with Gasteiger partial charge >= 0.3 is 0 Å². The molecule has 0 amide bonds. The summed E-state index contributed by atoms with van der Waals surface area (Å²) in [6.45, 7) is 2.33. The Bertz CT molecular complexity index is 1290. The summed E-state index contributed by atoms with van der Waals surface area (Å²) in [6, 6.07) is 10.5. The van der Waals surface area contributed by atoms with Crippen LogP contribution in [-0.4, -0.2) is 38.9 Å². The van der Waals surface area contributed by atoms with E-state index in [0.717, 1.165) is 0 Å². The lowest BCUT2D eigenvalue weighted by molar-refractivity contribution is 0.457. The molecule has 3 heterocycles. The van der Waals surface area contributed by atoms with Crippen molar-refractivity contribution in [1.82, 2.24) is 23.5 Å². The normalized spacial score (nSPS) is 12.4. The van der Waals surface area contributed by atoms with Crippen molar-refractivity contribution in [3.8, 4) is 0 Å². The number of hydrogen-bond donors (Lipinski definition) is 0. The minimum atomic E-state index is -3.62.